The Morgan fingerprint density at radius 2 is 1.53 bits per heavy atom. The van der Waals surface area contributed by atoms with Gasteiger partial charge in [0.25, 0.3) is 5.24 Å². The number of hydrogen-bond acceptors (Lipinski definition) is 4. The number of carboxylic acid groups (broad SMARTS) is 1. The molecule has 1 aliphatic heterocycles. The summed E-state index contributed by atoms with van der Waals surface area (Å²) in [5.41, 5.74) is 3.93. The number of carbonyl (C=O) groups excluding carboxylic acids is 2. The summed E-state index contributed by atoms with van der Waals surface area (Å²) >= 11 is 1.07. The van der Waals surface area contributed by atoms with Crippen molar-refractivity contribution in [3.05, 3.63) is 90.5 Å². The van der Waals surface area contributed by atoms with Gasteiger partial charge in [-0.05, 0) is 35.2 Å². The first-order valence-corrected chi connectivity index (χ1v) is 10.1. The number of carbonyl (C=O) groups is 3. The molecular formula is C23H20N2O4S. The molecule has 0 aromatic heterocycles. The van der Waals surface area contributed by atoms with Crippen LogP contribution in [-0.2, 0) is 11.2 Å². The van der Waals surface area contributed by atoms with E-state index in [2.05, 4.69) is 28.8 Å². The van der Waals surface area contributed by atoms with Crippen molar-refractivity contribution in [2.45, 2.75) is 11.7 Å². The van der Waals surface area contributed by atoms with Crippen LogP contribution in [0.4, 0.5) is 15.3 Å². The maximum atomic E-state index is 11.6. The number of hydrogen-bond donors (Lipinski definition) is 3. The summed E-state index contributed by atoms with van der Waals surface area (Å²) in [5, 5.41) is 12.2. The van der Waals surface area contributed by atoms with E-state index in [1.165, 1.54) is 0 Å². The van der Waals surface area contributed by atoms with Gasteiger partial charge in [-0.3, -0.25) is 20.2 Å². The molecule has 3 amide bonds. The van der Waals surface area contributed by atoms with E-state index >= 15 is 0 Å². The third-order valence-corrected chi connectivity index (χ3v) is 5.23. The summed E-state index contributed by atoms with van der Waals surface area (Å²) in [7, 11) is 0. The van der Waals surface area contributed by atoms with E-state index in [1.807, 2.05) is 42.5 Å². The van der Waals surface area contributed by atoms with Gasteiger partial charge >= 0.3 is 6.09 Å². The molecule has 1 unspecified atom stereocenters. The number of rotatable bonds is 4. The van der Waals surface area contributed by atoms with Crippen LogP contribution in [0.5, 0.6) is 0 Å². The first-order chi connectivity index (χ1) is 14.5. The van der Waals surface area contributed by atoms with Crippen LogP contribution in [-0.4, -0.2) is 27.6 Å². The molecule has 0 aliphatic carbocycles. The highest BCUT2D eigenvalue weighted by Crippen LogP contribution is 2.25. The topological polar surface area (TPSA) is 95.5 Å². The number of nitrogens with one attached hydrogen (secondary N) is 2. The third-order valence-electron chi connectivity index (χ3n) is 4.25. The summed E-state index contributed by atoms with van der Waals surface area (Å²) in [6.07, 6.45) is -0.464. The van der Waals surface area contributed by atoms with Crippen LogP contribution in [0, 0.1) is 0 Å². The van der Waals surface area contributed by atoms with Crippen LogP contribution in [0.3, 0.4) is 0 Å². The van der Waals surface area contributed by atoms with Crippen molar-refractivity contribution in [2.75, 3.05) is 5.32 Å². The molecule has 1 saturated heterocycles. The minimum atomic E-state index is -1.04. The Bertz CT molecular complexity index is 1030. The summed E-state index contributed by atoms with van der Waals surface area (Å²) in [6.45, 7) is 0. The van der Waals surface area contributed by atoms with E-state index in [4.69, 9.17) is 5.11 Å². The molecule has 0 spiro atoms. The Hall–Kier alpha value is -3.58. The zero-order chi connectivity index (χ0) is 21.3. The number of amides is 3. The minimum absolute atomic E-state index is 0.190. The molecule has 4 rings (SSSR count). The van der Waals surface area contributed by atoms with Crippen LogP contribution in [0.1, 0.15) is 5.56 Å². The predicted octanol–water partition coefficient (Wildman–Crippen LogP) is 5.02. The molecular weight excluding hydrogens is 400 g/mol. The molecule has 3 N–H and O–H groups in total. The van der Waals surface area contributed by atoms with E-state index in [0.717, 1.165) is 28.5 Å². The Balaban J connectivity index is 0.000000216. The molecule has 3 aromatic carbocycles. The lowest BCUT2D eigenvalue weighted by Gasteiger charge is -2.08. The summed E-state index contributed by atoms with van der Waals surface area (Å²) in [6, 6.07) is 26.9. The Labute approximate surface area is 178 Å². The highest BCUT2D eigenvalue weighted by molar-refractivity contribution is 8.15. The van der Waals surface area contributed by atoms with Crippen LogP contribution in [0.2, 0.25) is 0 Å². The number of anilines is 1. The molecule has 7 heteroatoms. The second-order valence-electron chi connectivity index (χ2n) is 6.45. The van der Waals surface area contributed by atoms with Gasteiger partial charge in [0.15, 0.2) is 0 Å². The molecule has 1 fully saturated rings. The summed E-state index contributed by atoms with van der Waals surface area (Å²) in [5.74, 6) is -0.190. The maximum Gasteiger partial charge on any atom is 0.409 e. The van der Waals surface area contributed by atoms with Gasteiger partial charge in [-0.25, -0.2) is 4.79 Å². The fraction of sp³-hybridized carbons (Fsp3) is 0.0870. The third kappa shape index (κ3) is 6.22. The predicted molar refractivity (Wildman–Crippen MR) is 119 cm³/mol. The van der Waals surface area contributed by atoms with Gasteiger partial charge in [-0.15, -0.1) is 0 Å². The van der Waals surface area contributed by atoms with Gasteiger partial charge in [0.05, 0.1) is 5.25 Å². The Morgan fingerprint density at radius 3 is 2.13 bits per heavy atom. The van der Waals surface area contributed by atoms with E-state index in [9.17, 15) is 14.4 Å². The Kier molecular flexibility index (Phi) is 7.24. The van der Waals surface area contributed by atoms with Gasteiger partial charge in [0, 0.05) is 5.69 Å². The van der Waals surface area contributed by atoms with Crippen LogP contribution < -0.4 is 10.6 Å². The van der Waals surface area contributed by atoms with E-state index in [0.29, 0.717) is 12.1 Å². The lowest BCUT2D eigenvalue weighted by Crippen LogP contribution is -2.25. The van der Waals surface area contributed by atoms with Gasteiger partial charge < -0.3 is 5.11 Å². The van der Waals surface area contributed by atoms with Crippen LogP contribution in [0.25, 0.3) is 11.1 Å². The molecule has 0 radical (unpaired) electrons. The zero-order valence-electron chi connectivity index (χ0n) is 15.9. The van der Waals surface area contributed by atoms with Crippen molar-refractivity contribution in [3.8, 4) is 11.1 Å². The SMILES string of the molecule is O=C(O)Nc1ccccc1.O=C1NC(=O)C(Cc2cccc(-c3ccccc3)c2)S1. The van der Waals surface area contributed by atoms with E-state index in [1.54, 1.807) is 24.3 Å². The molecule has 1 atom stereocenters. The van der Waals surface area contributed by atoms with Gasteiger partial charge in [-0.2, -0.15) is 0 Å². The second kappa shape index (κ2) is 10.3. The largest absolute Gasteiger partial charge is 0.465 e. The molecule has 3 aromatic rings. The first kappa shape index (κ1) is 21.1. The summed E-state index contributed by atoms with van der Waals surface area (Å²) < 4.78 is 0. The standard InChI is InChI=1S/C16H13NO2S.C7H7NO2/c18-15-14(20-16(19)17-15)10-11-5-4-8-13(9-11)12-6-2-1-3-7-12;9-7(10)8-6-4-2-1-3-5-6/h1-9,14H,10H2,(H,17,18,19);1-5,8H,(H,9,10). The van der Waals surface area contributed by atoms with Crippen molar-refractivity contribution >= 4 is 34.7 Å². The minimum Gasteiger partial charge on any atom is -0.465 e. The fourth-order valence-corrected chi connectivity index (χ4v) is 3.75. The second-order valence-corrected chi connectivity index (χ2v) is 7.63. The zero-order valence-corrected chi connectivity index (χ0v) is 16.8. The molecule has 1 heterocycles. The highest BCUT2D eigenvalue weighted by Gasteiger charge is 2.31. The van der Waals surface area contributed by atoms with Gasteiger partial charge in [-0.1, -0.05) is 84.6 Å². The average Bonchev–Trinajstić information content (AvgIpc) is 3.06. The normalized spacial score (nSPS) is 15.0. The monoisotopic (exact) mass is 420 g/mol. The quantitative estimate of drug-likeness (QED) is 0.551. The lowest BCUT2D eigenvalue weighted by molar-refractivity contribution is -0.118. The van der Waals surface area contributed by atoms with E-state index in [-0.39, 0.29) is 16.4 Å². The first-order valence-electron chi connectivity index (χ1n) is 9.22. The molecule has 152 valence electrons. The smallest absolute Gasteiger partial charge is 0.409 e. The molecule has 30 heavy (non-hydrogen) atoms. The molecule has 0 bridgehead atoms. The molecule has 1 aliphatic rings. The summed E-state index contributed by atoms with van der Waals surface area (Å²) in [4.78, 5) is 32.8. The van der Waals surface area contributed by atoms with Crippen molar-refractivity contribution < 1.29 is 19.5 Å². The number of thioether (sulfide) groups is 1. The maximum absolute atomic E-state index is 11.6. The number of benzene rings is 3. The Morgan fingerprint density at radius 1 is 0.900 bits per heavy atom. The van der Waals surface area contributed by atoms with Crippen LogP contribution in [0.15, 0.2) is 84.9 Å². The molecule has 0 saturated carbocycles. The van der Waals surface area contributed by atoms with E-state index < -0.39 is 6.09 Å². The van der Waals surface area contributed by atoms with Crippen molar-refractivity contribution in [1.29, 1.82) is 0 Å². The van der Waals surface area contributed by atoms with Crippen molar-refractivity contribution in [3.63, 3.8) is 0 Å². The van der Waals surface area contributed by atoms with Crippen molar-refractivity contribution in [1.82, 2.24) is 5.32 Å². The fourth-order valence-electron chi connectivity index (χ4n) is 2.90. The number of imide groups is 1. The van der Waals surface area contributed by atoms with Crippen LogP contribution >= 0.6 is 11.8 Å². The lowest BCUT2D eigenvalue weighted by atomic mass is 10.0. The molecule has 6 nitrogen and oxygen atoms in total. The van der Waals surface area contributed by atoms with Gasteiger partial charge in [0.1, 0.15) is 0 Å². The number of para-hydroxylation sites is 1. The highest BCUT2D eigenvalue weighted by atomic mass is 32.2. The van der Waals surface area contributed by atoms with Gasteiger partial charge in [0.2, 0.25) is 5.91 Å². The van der Waals surface area contributed by atoms with Crippen molar-refractivity contribution in [2.24, 2.45) is 0 Å². The average molecular weight is 420 g/mol.